The molecule has 110 valence electrons. The van der Waals surface area contributed by atoms with Gasteiger partial charge in [0.25, 0.3) is 0 Å². The minimum atomic E-state index is 0.0288. The molecule has 0 atom stereocenters. The van der Waals surface area contributed by atoms with Crippen molar-refractivity contribution in [3.05, 3.63) is 74.9 Å². The molecule has 0 heterocycles. The fourth-order valence-electron chi connectivity index (χ4n) is 2.43. The monoisotopic (exact) mass is 393 g/mol. The maximum absolute atomic E-state index is 9.60. The first-order valence-electron chi connectivity index (χ1n) is 6.84. The van der Waals surface area contributed by atoms with E-state index in [0.717, 1.165) is 32.4 Å². The third-order valence-electron chi connectivity index (χ3n) is 3.39. The maximum Gasteiger partial charge on any atom is 0.0688 e. The fourth-order valence-corrected chi connectivity index (χ4v) is 2.98. The van der Waals surface area contributed by atoms with E-state index in [9.17, 15) is 5.11 Å². The predicted molar refractivity (Wildman–Crippen MR) is 97.1 cm³/mol. The fraction of sp³-hybridized carbons (Fsp3) is 0.222. The summed E-state index contributed by atoms with van der Waals surface area (Å²) in [7, 11) is 4.12. The molecule has 21 heavy (non-hydrogen) atoms. The van der Waals surface area contributed by atoms with Crippen molar-refractivity contribution in [3.8, 4) is 0 Å². The summed E-state index contributed by atoms with van der Waals surface area (Å²) in [5.74, 6) is 0. The number of nitrogens with zero attached hydrogens (tertiary/aromatic N) is 1. The summed E-state index contributed by atoms with van der Waals surface area (Å²) in [5.41, 5.74) is 5.29. The molecule has 0 amide bonds. The highest BCUT2D eigenvalue weighted by Gasteiger charge is 2.12. The Hall–Kier alpha value is -1.17. The van der Waals surface area contributed by atoms with Crippen molar-refractivity contribution in [1.82, 2.24) is 4.90 Å². The summed E-state index contributed by atoms with van der Waals surface area (Å²) < 4.78 is 1.12. The number of halogens is 1. The van der Waals surface area contributed by atoms with Crippen LogP contribution in [0.2, 0.25) is 0 Å². The molecule has 2 aromatic carbocycles. The van der Waals surface area contributed by atoms with Gasteiger partial charge >= 0.3 is 0 Å². The summed E-state index contributed by atoms with van der Waals surface area (Å²) in [5, 5.41) is 9.60. The lowest BCUT2D eigenvalue weighted by Crippen LogP contribution is -2.12. The Kier molecular flexibility index (Phi) is 5.56. The SMILES string of the molecule is C=C(c1ccc(I)cc1CO)c1ccccc1CN(C)C. The van der Waals surface area contributed by atoms with Gasteiger partial charge in [-0.05, 0) is 76.6 Å². The van der Waals surface area contributed by atoms with Crippen LogP contribution in [0.3, 0.4) is 0 Å². The van der Waals surface area contributed by atoms with E-state index in [1.807, 2.05) is 18.2 Å². The van der Waals surface area contributed by atoms with Crippen LogP contribution >= 0.6 is 22.6 Å². The Morgan fingerprint density at radius 3 is 2.43 bits per heavy atom. The van der Waals surface area contributed by atoms with Gasteiger partial charge in [0.15, 0.2) is 0 Å². The molecule has 0 aromatic heterocycles. The third-order valence-corrected chi connectivity index (χ3v) is 4.06. The van der Waals surface area contributed by atoms with Crippen LogP contribution in [-0.2, 0) is 13.2 Å². The quantitative estimate of drug-likeness (QED) is 0.779. The van der Waals surface area contributed by atoms with Gasteiger partial charge < -0.3 is 10.0 Å². The molecule has 2 nitrogen and oxygen atoms in total. The molecule has 2 rings (SSSR count). The molecule has 1 N–H and O–H groups in total. The average Bonchev–Trinajstić information content (AvgIpc) is 2.46. The van der Waals surface area contributed by atoms with Crippen molar-refractivity contribution in [2.75, 3.05) is 14.1 Å². The highest BCUT2D eigenvalue weighted by Crippen LogP contribution is 2.29. The number of benzene rings is 2. The van der Waals surface area contributed by atoms with Crippen LogP contribution in [0.5, 0.6) is 0 Å². The third kappa shape index (κ3) is 3.93. The summed E-state index contributed by atoms with van der Waals surface area (Å²) in [6.07, 6.45) is 0. The van der Waals surface area contributed by atoms with E-state index in [2.05, 4.69) is 72.4 Å². The highest BCUT2D eigenvalue weighted by atomic mass is 127. The lowest BCUT2D eigenvalue weighted by molar-refractivity contribution is 0.281. The highest BCUT2D eigenvalue weighted by molar-refractivity contribution is 14.1. The van der Waals surface area contributed by atoms with Gasteiger partial charge in [0.05, 0.1) is 6.61 Å². The van der Waals surface area contributed by atoms with Crippen LogP contribution in [0.1, 0.15) is 22.3 Å². The summed E-state index contributed by atoms with van der Waals surface area (Å²) in [6, 6.07) is 14.4. The Morgan fingerprint density at radius 1 is 1.10 bits per heavy atom. The van der Waals surface area contributed by atoms with Crippen molar-refractivity contribution < 1.29 is 5.11 Å². The van der Waals surface area contributed by atoms with Crippen LogP contribution in [-0.4, -0.2) is 24.1 Å². The molecule has 0 radical (unpaired) electrons. The molecule has 0 unspecified atom stereocenters. The largest absolute Gasteiger partial charge is 0.392 e. The minimum Gasteiger partial charge on any atom is -0.392 e. The molecule has 0 fully saturated rings. The van der Waals surface area contributed by atoms with Crippen molar-refractivity contribution in [1.29, 1.82) is 0 Å². The first-order chi connectivity index (χ1) is 10.0. The summed E-state index contributed by atoms with van der Waals surface area (Å²) >= 11 is 2.26. The van der Waals surface area contributed by atoms with Gasteiger partial charge in [0.1, 0.15) is 0 Å². The minimum absolute atomic E-state index is 0.0288. The second-order valence-corrected chi connectivity index (χ2v) is 6.58. The standard InChI is InChI=1S/C18H20INO/c1-13(18-9-8-16(19)10-15(18)12-21)17-7-5-4-6-14(17)11-20(2)3/h4-10,21H,1,11-12H2,2-3H3. The van der Waals surface area contributed by atoms with Crippen molar-refractivity contribution >= 4 is 28.2 Å². The smallest absolute Gasteiger partial charge is 0.0688 e. The Labute approximate surface area is 140 Å². The number of rotatable bonds is 5. The molecule has 0 saturated heterocycles. The second kappa shape index (κ2) is 7.20. The molecule has 3 heteroatoms. The van der Waals surface area contributed by atoms with Crippen LogP contribution in [0.15, 0.2) is 49.0 Å². The van der Waals surface area contributed by atoms with Crippen LogP contribution in [0.25, 0.3) is 5.57 Å². The zero-order valence-electron chi connectivity index (χ0n) is 12.4. The summed E-state index contributed by atoms with van der Waals surface area (Å²) in [6.45, 7) is 5.17. The lowest BCUT2D eigenvalue weighted by Gasteiger charge is -2.17. The van der Waals surface area contributed by atoms with E-state index in [1.165, 1.54) is 5.56 Å². The Bertz CT molecular complexity index is 649. The topological polar surface area (TPSA) is 23.5 Å². The van der Waals surface area contributed by atoms with E-state index < -0.39 is 0 Å². The second-order valence-electron chi connectivity index (χ2n) is 5.33. The van der Waals surface area contributed by atoms with E-state index in [0.29, 0.717) is 0 Å². The van der Waals surface area contributed by atoms with E-state index in [-0.39, 0.29) is 6.61 Å². The van der Waals surface area contributed by atoms with Gasteiger partial charge in [-0.3, -0.25) is 0 Å². The number of hydrogen-bond donors (Lipinski definition) is 1. The van der Waals surface area contributed by atoms with Crippen molar-refractivity contribution in [2.45, 2.75) is 13.2 Å². The van der Waals surface area contributed by atoms with E-state index in [1.54, 1.807) is 0 Å². The zero-order chi connectivity index (χ0) is 15.4. The van der Waals surface area contributed by atoms with E-state index in [4.69, 9.17) is 0 Å². The maximum atomic E-state index is 9.60. The average molecular weight is 393 g/mol. The van der Waals surface area contributed by atoms with Gasteiger partial charge in [-0.15, -0.1) is 0 Å². The van der Waals surface area contributed by atoms with Gasteiger partial charge in [-0.1, -0.05) is 36.9 Å². The molecule has 0 aliphatic heterocycles. The number of aliphatic hydroxyl groups is 1. The van der Waals surface area contributed by atoms with Crippen LogP contribution < -0.4 is 0 Å². The Morgan fingerprint density at radius 2 is 1.76 bits per heavy atom. The molecule has 0 aliphatic carbocycles. The molecule has 0 spiro atoms. The molecular formula is C18H20INO. The van der Waals surface area contributed by atoms with Crippen molar-refractivity contribution in [3.63, 3.8) is 0 Å². The molecule has 0 saturated carbocycles. The van der Waals surface area contributed by atoms with Gasteiger partial charge in [-0.25, -0.2) is 0 Å². The number of hydrogen-bond acceptors (Lipinski definition) is 2. The van der Waals surface area contributed by atoms with Crippen LogP contribution in [0.4, 0.5) is 0 Å². The lowest BCUT2D eigenvalue weighted by atomic mass is 9.92. The number of aliphatic hydroxyl groups excluding tert-OH is 1. The van der Waals surface area contributed by atoms with E-state index >= 15 is 0 Å². The van der Waals surface area contributed by atoms with Crippen LogP contribution in [0, 0.1) is 3.57 Å². The first kappa shape index (κ1) is 16.2. The normalized spacial score (nSPS) is 10.9. The molecular weight excluding hydrogens is 373 g/mol. The molecule has 0 aliphatic rings. The Balaban J connectivity index is 2.45. The predicted octanol–water partition coefficient (Wildman–Crippen LogP) is 3.91. The van der Waals surface area contributed by atoms with Gasteiger partial charge in [0.2, 0.25) is 0 Å². The molecule has 2 aromatic rings. The van der Waals surface area contributed by atoms with Crippen molar-refractivity contribution in [2.24, 2.45) is 0 Å². The van der Waals surface area contributed by atoms with Gasteiger partial charge in [0, 0.05) is 10.1 Å². The molecule has 0 bridgehead atoms. The van der Waals surface area contributed by atoms with Gasteiger partial charge in [-0.2, -0.15) is 0 Å². The summed E-state index contributed by atoms with van der Waals surface area (Å²) in [4.78, 5) is 2.15. The first-order valence-corrected chi connectivity index (χ1v) is 7.92. The zero-order valence-corrected chi connectivity index (χ0v) is 14.6.